The summed E-state index contributed by atoms with van der Waals surface area (Å²) in [7, 11) is 0. The monoisotopic (exact) mass is 898 g/mol. The fraction of sp³-hybridized carbons (Fsp3) is 0.0145. The Balaban J connectivity index is 0.928. The molecule has 0 bridgehead atoms. The highest BCUT2D eigenvalue weighted by molar-refractivity contribution is 6.28. The zero-order valence-electron chi connectivity index (χ0n) is 38.6. The molecule has 15 rings (SSSR count). The first kappa shape index (κ1) is 39.7. The number of rotatable bonds is 5. The van der Waals surface area contributed by atoms with Crippen LogP contribution in [-0.2, 0) is 5.41 Å². The maximum Gasteiger partial charge on any atom is 0.160 e. The molecule has 1 spiro atoms. The predicted molar refractivity (Wildman–Crippen MR) is 296 cm³/mol. The number of nitrogens with zero attached hydrogens (tertiary/aromatic N) is 2. The van der Waals surface area contributed by atoms with E-state index < -0.39 is 5.41 Å². The fourth-order valence-corrected chi connectivity index (χ4v) is 12.5. The number of benzene rings is 12. The molecule has 2 aliphatic rings. The fourth-order valence-electron chi connectivity index (χ4n) is 12.5. The first-order chi connectivity index (χ1) is 35.2. The summed E-state index contributed by atoms with van der Waals surface area (Å²) in [6.45, 7) is 0. The van der Waals surface area contributed by atoms with Gasteiger partial charge in [0.2, 0.25) is 0 Å². The summed E-state index contributed by atoms with van der Waals surface area (Å²) in [6.07, 6.45) is 0. The molecule has 0 fully saturated rings. The lowest BCUT2D eigenvalue weighted by Crippen LogP contribution is -2.26. The van der Waals surface area contributed by atoms with Crippen molar-refractivity contribution in [2.75, 3.05) is 0 Å². The van der Waals surface area contributed by atoms with E-state index >= 15 is 0 Å². The standard InChI is InChI=1S/C69H42N2/c1-3-19-44(20-4-1)64-54-27-9-10-28-55(54)65(66-50-23-8-7-18-43(50)38-39-58(64)66)49-37-35-46-40-48(36-34-47(46)41-49)62-42-63(71-68(70-62)45-21-5-2-6-22-45)57-30-17-29-56-53-26-13-16-33-61(53)69(67(56)57)59-31-14-11-24-51(59)52-25-12-15-32-60(52)69/h1-42H. The van der Waals surface area contributed by atoms with Crippen molar-refractivity contribution < 1.29 is 0 Å². The van der Waals surface area contributed by atoms with Crippen molar-refractivity contribution in [3.8, 4) is 78.4 Å². The van der Waals surface area contributed by atoms with Crippen LogP contribution < -0.4 is 0 Å². The Morgan fingerprint density at radius 1 is 0.268 bits per heavy atom. The number of fused-ring (bicyclic) bond motifs is 15. The second-order valence-electron chi connectivity index (χ2n) is 19.1. The molecule has 0 N–H and O–H groups in total. The molecule has 328 valence electrons. The van der Waals surface area contributed by atoms with Crippen LogP contribution in [0.25, 0.3) is 122 Å². The molecule has 0 amide bonds. The molecule has 0 radical (unpaired) electrons. The zero-order valence-corrected chi connectivity index (χ0v) is 38.6. The van der Waals surface area contributed by atoms with Crippen LogP contribution in [0.1, 0.15) is 22.3 Å². The van der Waals surface area contributed by atoms with Crippen molar-refractivity contribution in [3.05, 3.63) is 277 Å². The van der Waals surface area contributed by atoms with Gasteiger partial charge in [0.15, 0.2) is 5.82 Å². The minimum atomic E-state index is -0.515. The predicted octanol–water partition coefficient (Wildman–Crippen LogP) is 17.8. The molecule has 1 heterocycles. The molecular formula is C69H42N2. The van der Waals surface area contributed by atoms with Crippen molar-refractivity contribution in [2.24, 2.45) is 0 Å². The van der Waals surface area contributed by atoms with E-state index in [1.165, 1.54) is 104 Å². The van der Waals surface area contributed by atoms with Crippen LogP contribution in [0.4, 0.5) is 0 Å². The first-order valence-electron chi connectivity index (χ1n) is 24.6. The number of aromatic nitrogens is 2. The first-order valence-corrected chi connectivity index (χ1v) is 24.6. The van der Waals surface area contributed by atoms with Gasteiger partial charge in [-0.05, 0) is 128 Å². The molecule has 0 aliphatic heterocycles. The van der Waals surface area contributed by atoms with Crippen LogP contribution in [0.15, 0.2) is 255 Å². The highest BCUT2D eigenvalue weighted by Crippen LogP contribution is 2.64. The van der Waals surface area contributed by atoms with Crippen LogP contribution in [0.5, 0.6) is 0 Å². The topological polar surface area (TPSA) is 25.8 Å². The summed E-state index contributed by atoms with van der Waals surface area (Å²) in [4.78, 5) is 10.9. The summed E-state index contributed by atoms with van der Waals surface area (Å²) in [6, 6.07) is 93.5. The molecule has 2 nitrogen and oxygen atoms in total. The third kappa shape index (κ3) is 5.77. The number of hydrogen-bond donors (Lipinski definition) is 0. The maximum atomic E-state index is 5.50. The van der Waals surface area contributed by atoms with Crippen molar-refractivity contribution in [2.45, 2.75) is 5.41 Å². The molecule has 0 saturated carbocycles. The van der Waals surface area contributed by atoms with E-state index in [1.807, 2.05) is 0 Å². The highest BCUT2D eigenvalue weighted by Gasteiger charge is 2.52. The second kappa shape index (κ2) is 15.4. The van der Waals surface area contributed by atoms with E-state index in [-0.39, 0.29) is 0 Å². The van der Waals surface area contributed by atoms with E-state index in [9.17, 15) is 0 Å². The van der Waals surface area contributed by atoms with E-state index in [2.05, 4.69) is 255 Å². The smallest absolute Gasteiger partial charge is 0.160 e. The Morgan fingerprint density at radius 3 is 1.45 bits per heavy atom. The van der Waals surface area contributed by atoms with Crippen molar-refractivity contribution in [1.29, 1.82) is 0 Å². The Labute approximate surface area is 411 Å². The van der Waals surface area contributed by atoms with E-state index in [0.717, 1.165) is 33.5 Å². The normalized spacial score (nSPS) is 12.9. The summed E-state index contributed by atoms with van der Waals surface area (Å²) in [5.41, 5.74) is 19.7. The van der Waals surface area contributed by atoms with Crippen LogP contribution in [0, 0.1) is 0 Å². The molecule has 71 heavy (non-hydrogen) atoms. The van der Waals surface area contributed by atoms with Gasteiger partial charge < -0.3 is 0 Å². The van der Waals surface area contributed by atoms with Gasteiger partial charge in [-0.25, -0.2) is 9.97 Å². The van der Waals surface area contributed by atoms with Gasteiger partial charge in [0.25, 0.3) is 0 Å². The minimum absolute atomic E-state index is 0.515. The molecule has 13 aromatic rings. The zero-order chi connectivity index (χ0) is 46.6. The largest absolute Gasteiger partial charge is 0.228 e. The quantitative estimate of drug-likeness (QED) is 0.127. The van der Waals surface area contributed by atoms with E-state index in [1.54, 1.807) is 0 Å². The molecule has 0 saturated heterocycles. The van der Waals surface area contributed by atoms with Crippen LogP contribution in [0.2, 0.25) is 0 Å². The average Bonchev–Trinajstić information content (AvgIpc) is 3.92. The lowest BCUT2D eigenvalue weighted by molar-refractivity contribution is 0.795. The minimum Gasteiger partial charge on any atom is -0.228 e. The van der Waals surface area contributed by atoms with Gasteiger partial charge in [0, 0.05) is 16.7 Å². The second-order valence-corrected chi connectivity index (χ2v) is 19.1. The summed E-state index contributed by atoms with van der Waals surface area (Å²) >= 11 is 0. The van der Waals surface area contributed by atoms with Crippen LogP contribution in [-0.4, -0.2) is 9.97 Å². The molecule has 1 aromatic heterocycles. The summed E-state index contributed by atoms with van der Waals surface area (Å²) in [5.74, 6) is 0.702. The van der Waals surface area contributed by atoms with E-state index in [0.29, 0.717) is 5.82 Å². The lowest BCUT2D eigenvalue weighted by atomic mass is 9.69. The van der Waals surface area contributed by atoms with Crippen molar-refractivity contribution in [3.63, 3.8) is 0 Å². The Morgan fingerprint density at radius 2 is 0.761 bits per heavy atom. The van der Waals surface area contributed by atoms with Gasteiger partial charge in [-0.15, -0.1) is 0 Å². The van der Waals surface area contributed by atoms with Gasteiger partial charge in [-0.1, -0.05) is 237 Å². The van der Waals surface area contributed by atoms with Crippen molar-refractivity contribution >= 4 is 43.1 Å². The lowest BCUT2D eigenvalue weighted by Gasteiger charge is -2.32. The molecule has 2 heteroatoms. The Hall–Kier alpha value is -9.24. The Kier molecular flexibility index (Phi) is 8.61. The third-order valence-electron chi connectivity index (χ3n) is 15.4. The van der Waals surface area contributed by atoms with Gasteiger partial charge in [-0.3, -0.25) is 0 Å². The third-order valence-corrected chi connectivity index (χ3v) is 15.4. The molecule has 0 atom stereocenters. The molecular weight excluding hydrogens is 857 g/mol. The van der Waals surface area contributed by atoms with Crippen molar-refractivity contribution in [1.82, 2.24) is 9.97 Å². The van der Waals surface area contributed by atoms with Gasteiger partial charge in [-0.2, -0.15) is 0 Å². The Bertz CT molecular complexity index is 4280. The SMILES string of the molecule is c1ccc(-c2nc(-c3ccc4cc(-c5c6ccccc6c(-c6ccccc6)c6ccc7ccccc7c56)ccc4c3)cc(-c3cccc4c3C3(c5ccccc5-c5ccccc53)c3ccccc3-4)n2)cc1. The summed E-state index contributed by atoms with van der Waals surface area (Å²) in [5, 5.41) is 9.85. The summed E-state index contributed by atoms with van der Waals surface area (Å²) < 4.78 is 0. The molecule has 12 aromatic carbocycles. The highest BCUT2D eigenvalue weighted by atomic mass is 14.9. The van der Waals surface area contributed by atoms with Gasteiger partial charge >= 0.3 is 0 Å². The average molecular weight is 899 g/mol. The molecule has 0 unspecified atom stereocenters. The maximum absolute atomic E-state index is 5.50. The van der Waals surface area contributed by atoms with Gasteiger partial charge in [0.1, 0.15) is 0 Å². The molecule has 2 aliphatic carbocycles. The van der Waals surface area contributed by atoms with Crippen LogP contribution in [0.3, 0.4) is 0 Å². The van der Waals surface area contributed by atoms with Gasteiger partial charge in [0.05, 0.1) is 16.8 Å². The van der Waals surface area contributed by atoms with Crippen LogP contribution >= 0.6 is 0 Å². The van der Waals surface area contributed by atoms with E-state index in [4.69, 9.17) is 9.97 Å². The number of hydrogen-bond acceptors (Lipinski definition) is 2.